The van der Waals surface area contributed by atoms with Crippen LogP contribution in [-0.2, 0) is 25.5 Å². The van der Waals surface area contributed by atoms with E-state index in [0.29, 0.717) is 11.3 Å². The molecule has 1 heterocycles. The molecule has 1 fully saturated rings. The molecule has 2 aromatic rings. The van der Waals surface area contributed by atoms with Crippen molar-refractivity contribution < 1.29 is 43.9 Å². The maximum atomic E-state index is 14.2. The Bertz CT molecular complexity index is 999. The molecule has 1 saturated heterocycles. The van der Waals surface area contributed by atoms with Gasteiger partial charge in [-0.1, -0.05) is 35.4 Å². The number of hydrogen-bond acceptors (Lipinski definition) is 8. The predicted octanol–water partition coefficient (Wildman–Crippen LogP) is 1.51. The number of hydrogen-bond donors (Lipinski definition) is 5. The molecule has 0 spiro atoms. The van der Waals surface area contributed by atoms with Gasteiger partial charge in [0.1, 0.15) is 24.1 Å². The minimum absolute atomic E-state index is 0.0140. The largest absolute Gasteiger partial charge is 0.479 e. The van der Waals surface area contributed by atoms with Gasteiger partial charge in [-0.3, -0.25) is 4.79 Å². The highest BCUT2D eigenvalue weighted by Crippen LogP contribution is 2.31. The van der Waals surface area contributed by atoms with E-state index in [9.17, 15) is 29.3 Å². The Hall–Kier alpha value is -2.76. The van der Waals surface area contributed by atoms with Gasteiger partial charge in [-0.05, 0) is 30.7 Å². The van der Waals surface area contributed by atoms with E-state index in [1.54, 1.807) is 25.1 Å². The number of anilines is 2. The van der Waals surface area contributed by atoms with E-state index in [4.69, 9.17) is 26.2 Å². The number of aliphatic carboxylic acids is 1. The van der Waals surface area contributed by atoms with Crippen LogP contribution in [0.1, 0.15) is 11.1 Å². The van der Waals surface area contributed by atoms with Crippen LogP contribution in [0.4, 0.5) is 15.8 Å². The first-order valence-corrected chi connectivity index (χ1v) is 9.88. The van der Waals surface area contributed by atoms with Crippen molar-refractivity contribution in [2.75, 3.05) is 5.32 Å². The van der Waals surface area contributed by atoms with E-state index in [2.05, 4.69) is 5.32 Å². The van der Waals surface area contributed by atoms with E-state index < -0.39 is 48.5 Å². The molecule has 0 aliphatic carbocycles. The molecule has 11 heteroatoms. The zero-order chi connectivity index (χ0) is 23.6. The van der Waals surface area contributed by atoms with Crippen LogP contribution in [0.15, 0.2) is 36.4 Å². The maximum absolute atomic E-state index is 14.2. The molecule has 0 saturated carbocycles. The van der Waals surface area contributed by atoms with Crippen molar-refractivity contribution in [2.24, 2.45) is 0 Å². The highest BCUT2D eigenvalue weighted by atomic mass is 35.5. The summed E-state index contributed by atoms with van der Waals surface area (Å²) in [6.07, 6.45) is -9.75. The molecule has 9 nitrogen and oxygen atoms in total. The Balaban J connectivity index is 1.78. The van der Waals surface area contributed by atoms with Crippen molar-refractivity contribution in [3.63, 3.8) is 0 Å². The lowest BCUT2D eigenvalue weighted by Gasteiger charge is -2.37. The van der Waals surface area contributed by atoms with Gasteiger partial charge in [-0.25, -0.2) is 9.18 Å². The van der Waals surface area contributed by atoms with Crippen LogP contribution in [-0.4, -0.2) is 63.1 Å². The Labute approximate surface area is 187 Å². The number of carbonyl (C=O) groups is 2. The summed E-state index contributed by atoms with van der Waals surface area (Å²) in [4.78, 5) is 23.7. The summed E-state index contributed by atoms with van der Waals surface area (Å²) < 4.78 is 24.1. The Morgan fingerprint density at radius 2 is 1.88 bits per heavy atom. The van der Waals surface area contributed by atoms with Crippen molar-refractivity contribution >= 4 is 34.9 Å². The van der Waals surface area contributed by atoms with Gasteiger partial charge in [0.2, 0.25) is 6.29 Å². The molecular weight excluding hydrogens is 449 g/mol. The minimum Gasteiger partial charge on any atom is -0.479 e. The highest BCUT2D eigenvalue weighted by Gasteiger charge is 2.48. The van der Waals surface area contributed by atoms with Gasteiger partial charge in [0.05, 0.1) is 17.1 Å². The van der Waals surface area contributed by atoms with Crippen LogP contribution in [0.3, 0.4) is 0 Å². The molecule has 32 heavy (non-hydrogen) atoms. The standard InChI is InChI=1S/C21H21ClFNO8/c1-9-5-6-13(24-15-11(22)3-2-4-12(15)23)10(7-9)8-14(25)31-21-18(28)16(26)17(27)19(32-21)20(29)30/h2-7,16-19,21,24,26-28H,8H2,1H3,(H,29,30)/t16-,17-,18+,19-,21+/m0/s1. The summed E-state index contributed by atoms with van der Waals surface area (Å²) in [5.41, 5.74) is 1.56. The summed E-state index contributed by atoms with van der Waals surface area (Å²) in [5, 5.41) is 41.6. The molecule has 3 rings (SSSR count). The van der Waals surface area contributed by atoms with E-state index in [1.165, 1.54) is 18.2 Å². The molecule has 2 aromatic carbocycles. The molecule has 5 atom stereocenters. The van der Waals surface area contributed by atoms with Gasteiger partial charge in [-0.15, -0.1) is 0 Å². The lowest BCUT2D eigenvalue weighted by molar-refractivity contribution is -0.286. The molecule has 0 amide bonds. The van der Waals surface area contributed by atoms with Gasteiger partial charge in [0.15, 0.2) is 6.10 Å². The van der Waals surface area contributed by atoms with E-state index in [-0.39, 0.29) is 17.1 Å². The summed E-state index contributed by atoms with van der Waals surface area (Å²) >= 11 is 6.05. The van der Waals surface area contributed by atoms with Crippen molar-refractivity contribution in [1.29, 1.82) is 0 Å². The fourth-order valence-corrected chi connectivity index (χ4v) is 3.43. The number of aliphatic hydroxyl groups excluding tert-OH is 3. The van der Waals surface area contributed by atoms with Crippen LogP contribution >= 0.6 is 11.6 Å². The third-order valence-electron chi connectivity index (χ3n) is 4.88. The van der Waals surface area contributed by atoms with Crippen LogP contribution in [0, 0.1) is 12.7 Å². The van der Waals surface area contributed by atoms with Gasteiger partial charge < -0.3 is 35.2 Å². The molecule has 5 N–H and O–H groups in total. The first kappa shape index (κ1) is 23.9. The second-order valence-electron chi connectivity index (χ2n) is 7.28. The zero-order valence-electron chi connectivity index (χ0n) is 16.7. The monoisotopic (exact) mass is 469 g/mol. The van der Waals surface area contributed by atoms with Gasteiger partial charge in [0.25, 0.3) is 0 Å². The molecule has 1 aliphatic heterocycles. The number of esters is 1. The first-order chi connectivity index (χ1) is 15.1. The number of nitrogens with one attached hydrogen (secondary N) is 1. The molecule has 0 aromatic heterocycles. The Morgan fingerprint density at radius 3 is 2.53 bits per heavy atom. The smallest absolute Gasteiger partial charge is 0.335 e. The topological polar surface area (TPSA) is 146 Å². The van der Waals surface area contributed by atoms with Gasteiger partial charge in [-0.2, -0.15) is 0 Å². The number of benzene rings is 2. The molecule has 172 valence electrons. The van der Waals surface area contributed by atoms with Gasteiger partial charge in [0, 0.05) is 5.69 Å². The van der Waals surface area contributed by atoms with E-state index >= 15 is 0 Å². The predicted molar refractivity (Wildman–Crippen MR) is 110 cm³/mol. The quantitative estimate of drug-likeness (QED) is 0.397. The maximum Gasteiger partial charge on any atom is 0.335 e. The summed E-state index contributed by atoms with van der Waals surface area (Å²) in [6, 6.07) is 9.16. The highest BCUT2D eigenvalue weighted by molar-refractivity contribution is 6.33. The fraction of sp³-hybridized carbons (Fsp3) is 0.333. The summed E-state index contributed by atoms with van der Waals surface area (Å²) in [6.45, 7) is 1.78. The molecule has 0 bridgehead atoms. The number of halogens is 2. The molecular formula is C21H21ClFNO8. The van der Waals surface area contributed by atoms with Crippen LogP contribution in [0.2, 0.25) is 5.02 Å². The number of ether oxygens (including phenoxy) is 2. The second-order valence-corrected chi connectivity index (χ2v) is 7.69. The zero-order valence-corrected chi connectivity index (χ0v) is 17.5. The number of para-hydroxylation sites is 1. The third kappa shape index (κ3) is 5.17. The lowest BCUT2D eigenvalue weighted by Crippen LogP contribution is -2.60. The number of carboxylic acid groups (broad SMARTS) is 1. The minimum atomic E-state index is -1.91. The van der Waals surface area contributed by atoms with E-state index in [0.717, 1.165) is 5.56 Å². The molecule has 1 aliphatic rings. The first-order valence-electron chi connectivity index (χ1n) is 9.51. The normalized spacial score (nSPS) is 25.2. The van der Waals surface area contributed by atoms with Crippen molar-refractivity contribution in [3.8, 4) is 0 Å². The number of aryl methyl sites for hydroxylation is 1. The number of carbonyl (C=O) groups excluding carboxylic acids is 1. The van der Waals surface area contributed by atoms with Crippen molar-refractivity contribution in [3.05, 3.63) is 58.4 Å². The number of aliphatic hydroxyl groups is 3. The SMILES string of the molecule is Cc1ccc(Nc2c(F)cccc2Cl)c(CC(=O)O[C@@H]2O[C@H](C(=O)O)[C@@H](O)[C@H](O)[C@H]2O)c1. The summed E-state index contributed by atoms with van der Waals surface area (Å²) in [5.74, 6) is -3.12. The Kier molecular flexibility index (Phi) is 7.32. The number of carboxylic acids is 1. The Morgan fingerprint density at radius 1 is 1.16 bits per heavy atom. The molecule has 0 unspecified atom stereocenters. The van der Waals surface area contributed by atoms with Crippen LogP contribution in [0.25, 0.3) is 0 Å². The number of rotatable bonds is 6. The second kappa shape index (κ2) is 9.80. The van der Waals surface area contributed by atoms with Crippen LogP contribution < -0.4 is 5.32 Å². The van der Waals surface area contributed by atoms with E-state index in [1.807, 2.05) is 0 Å². The van der Waals surface area contributed by atoms with Crippen molar-refractivity contribution in [1.82, 2.24) is 0 Å². The lowest BCUT2D eigenvalue weighted by atomic mass is 9.99. The van der Waals surface area contributed by atoms with Gasteiger partial charge >= 0.3 is 11.9 Å². The molecule has 0 radical (unpaired) electrons. The average molecular weight is 470 g/mol. The average Bonchev–Trinajstić information content (AvgIpc) is 2.72. The van der Waals surface area contributed by atoms with Crippen molar-refractivity contribution in [2.45, 2.75) is 44.1 Å². The fourth-order valence-electron chi connectivity index (χ4n) is 3.22. The third-order valence-corrected chi connectivity index (χ3v) is 5.19. The summed E-state index contributed by atoms with van der Waals surface area (Å²) in [7, 11) is 0. The van der Waals surface area contributed by atoms with Crippen LogP contribution in [0.5, 0.6) is 0 Å².